The van der Waals surface area contributed by atoms with Crippen LogP contribution in [0, 0.1) is 10.1 Å². The molecule has 0 amide bonds. The van der Waals surface area contributed by atoms with Crippen LogP contribution >= 0.6 is 11.6 Å². The van der Waals surface area contributed by atoms with Gasteiger partial charge in [0, 0.05) is 31.8 Å². The van der Waals surface area contributed by atoms with Crippen LogP contribution in [-0.4, -0.2) is 29.4 Å². The Balaban J connectivity index is 2.13. The van der Waals surface area contributed by atoms with Gasteiger partial charge in [-0.3, -0.25) is 28.8 Å². The third-order valence-electron chi connectivity index (χ3n) is 3.98. The van der Waals surface area contributed by atoms with Crippen molar-refractivity contribution in [2.24, 2.45) is 14.1 Å². The Kier molecular flexibility index (Phi) is 4.20. The number of carbonyl (C=O) groups excluding carboxylic acids is 1. The molecule has 0 aliphatic rings. The fourth-order valence-electron chi connectivity index (χ4n) is 2.59. The topological polar surface area (TPSA) is 122 Å². The van der Waals surface area contributed by atoms with Gasteiger partial charge in [-0.15, -0.1) is 0 Å². The van der Waals surface area contributed by atoms with Crippen LogP contribution in [0.25, 0.3) is 11.2 Å². The van der Waals surface area contributed by atoms with Crippen LogP contribution in [0.2, 0.25) is 5.28 Å². The number of aryl methyl sites for hydroxylation is 1. The number of ketones is 1. The van der Waals surface area contributed by atoms with Gasteiger partial charge in [-0.2, -0.15) is 4.98 Å². The first kappa shape index (κ1) is 17.5. The molecule has 2 heterocycles. The molecule has 0 unspecified atom stereocenters. The van der Waals surface area contributed by atoms with Gasteiger partial charge in [0.2, 0.25) is 5.28 Å². The van der Waals surface area contributed by atoms with Gasteiger partial charge in [0.15, 0.2) is 16.9 Å². The first-order chi connectivity index (χ1) is 12.2. The highest BCUT2D eigenvalue weighted by Gasteiger charge is 2.21. The number of nitro benzene ring substituents is 1. The molecule has 0 N–H and O–H groups in total. The van der Waals surface area contributed by atoms with E-state index in [4.69, 9.17) is 11.6 Å². The van der Waals surface area contributed by atoms with Gasteiger partial charge in [0.1, 0.15) is 0 Å². The molecule has 0 bridgehead atoms. The van der Waals surface area contributed by atoms with E-state index in [9.17, 15) is 24.5 Å². The zero-order valence-electron chi connectivity index (χ0n) is 13.7. The van der Waals surface area contributed by atoms with Crippen LogP contribution in [0.1, 0.15) is 10.4 Å². The maximum Gasteiger partial charge on any atom is 0.332 e. The van der Waals surface area contributed by atoms with Crippen molar-refractivity contribution in [1.82, 2.24) is 18.7 Å². The minimum atomic E-state index is -0.644. The molecular weight excluding hydrogens is 366 g/mol. The minimum Gasteiger partial charge on any atom is -0.301 e. The fourth-order valence-corrected chi connectivity index (χ4v) is 2.82. The number of rotatable bonds is 4. The van der Waals surface area contributed by atoms with Gasteiger partial charge >= 0.3 is 5.69 Å². The third kappa shape index (κ3) is 2.69. The molecule has 10 nitrogen and oxygen atoms in total. The Labute approximate surface area is 150 Å². The van der Waals surface area contributed by atoms with Crippen molar-refractivity contribution in [2.45, 2.75) is 6.54 Å². The summed E-state index contributed by atoms with van der Waals surface area (Å²) < 4.78 is 3.21. The predicted molar refractivity (Wildman–Crippen MR) is 92.7 cm³/mol. The summed E-state index contributed by atoms with van der Waals surface area (Å²) in [5, 5.41) is 10.7. The summed E-state index contributed by atoms with van der Waals surface area (Å²) in [5.41, 5.74) is -1.30. The van der Waals surface area contributed by atoms with Gasteiger partial charge in [0.25, 0.3) is 11.2 Å². The van der Waals surface area contributed by atoms with Crippen LogP contribution in [0.4, 0.5) is 5.69 Å². The van der Waals surface area contributed by atoms with Crippen molar-refractivity contribution in [3.63, 3.8) is 0 Å². The quantitative estimate of drug-likeness (QED) is 0.288. The summed E-state index contributed by atoms with van der Waals surface area (Å²) in [6, 6.07) is 5.23. The summed E-state index contributed by atoms with van der Waals surface area (Å²) >= 11 is 6.06. The Morgan fingerprint density at radius 1 is 1.27 bits per heavy atom. The number of aromatic nitrogens is 4. The molecular formula is C15H12ClN5O5. The number of hydrogen-bond donors (Lipinski definition) is 0. The van der Waals surface area contributed by atoms with E-state index in [1.807, 2.05) is 0 Å². The van der Waals surface area contributed by atoms with E-state index < -0.39 is 22.0 Å². The van der Waals surface area contributed by atoms with Crippen molar-refractivity contribution in [3.8, 4) is 0 Å². The average molecular weight is 378 g/mol. The van der Waals surface area contributed by atoms with E-state index in [1.54, 1.807) is 0 Å². The third-order valence-corrected chi connectivity index (χ3v) is 4.27. The van der Waals surface area contributed by atoms with E-state index in [0.29, 0.717) is 0 Å². The summed E-state index contributed by atoms with van der Waals surface area (Å²) in [6.45, 7) is -0.357. The van der Waals surface area contributed by atoms with Gasteiger partial charge in [-0.25, -0.2) is 4.79 Å². The second kappa shape index (κ2) is 6.23. The summed E-state index contributed by atoms with van der Waals surface area (Å²) in [4.78, 5) is 51.2. The van der Waals surface area contributed by atoms with Gasteiger partial charge in [-0.05, 0) is 11.6 Å². The van der Waals surface area contributed by atoms with Crippen LogP contribution in [0.5, 0.6) is 0 Å². The van der Waals surface area contributed by atoms with E-state index in [-0.39, 0.29) is 34.2 Å². The monoisotopic (exact) mass is 377 g/mol. The molecule has 134 valence electrons. The van der Waals surface area contributed by atoms with Crippen molar-refractivity contribution < 1.29 is 9.72 Å². The Morgan fingerprint density at radius 2 is 1.96 bits per heavy atom. The van der Waals surface area contributed by atoms with Crippen LogP contribution in [0.15, 0.2) is 33.9 Å². The molecule has 3 aromatic rings. The second-order valence-electron chi connectivity index (χ2n) is 5.58. The van der Waals surface area contributed by atoms with Crippen LogP contribution < -0.4 is 11.2 Å². The number of nitrogens with zero attached hydrogens (tertiary/aromatic N) is 5. The number of fused-ring (bicyclic) bond motifs is 1. The SMILES string of the molecule is Cn1c(=O)c2c(nc(Cl)n2CC(=O)c2cccc([N+](=O)[O-])c2)n(C)c1=O. The van der Waals surface area contributed by atoms with E-state index in [0.717, 1.165) is 15.2 Å². The molecule has 26 heavy (non-hydrogen) atoms. The lowest BCUT2D eigenvalue weighted by Gasteiger charge is -2.07. The Hall–Kier alpha value is -3.27. The van der Waals surface area contributed by atoms with E-state index >= 15 is 0 Å². The zero-order valence-corrected chi connectivity index (χ0v) is 14.4. The number of nitro groups is 1. The van der Waals surface area contributed by atoms with Gasteiger partial charge < -0.3 is 4.57 Å². The maximum atomic E-state index is 12.5. The number of carbonyl (C=O) groups is 1. The molecule has 0 saturated carbocycles. The van der Waals surface area contributed by atoms with E-state index in [2.05, 4.69) is 4.98 Å². The molecule has 11 heteroatoms. The predicted octanol–water partition coefficient (Wildman–Crippen LogP) is 0.878. The highest BCUT2D eigenvalue weighted by atomic mass is 35.5. The van der Waals surface area contributed by atoms with Crippen molar-refractivity contribution >= 4 is 34.2 Å². The van der Waals surface area contributed by atoms with Crippen molar-refractivity contribution in [2.75, 3.05) is 0 Å². The smallest absolute Gasteiger partial charge is 0.301 e. The lowest BCUT2D eigenvalue weighted by atomic mass is 10.1. The fraction of sp³-hybridized carbons (Fsp3) is 0.200. The summed E-state index contributed by atoms with van der Waals surface area (Å²) in [7, 11) is 2.73. The minimum absolute atomic E-state index is 0.00150. The maximum absolute atomic E-state index is 12.5. The molecule has 2 aromatic heterocycles. The molecule has 0 fully saturated rings. The first-order valence-electron chi connectivity index (χ1n) is 7.31. The molecule has 3 rings (SSSR count). The van der Waals surface area contributed by atoms with E-state index in [1.165, 1.54) is 36.9 Å². The lowest BCUT2D eigenvalue weighted by molar-refractivity contribution is -0.384. The molecule has 0 spiro atoms. The second-order valence-corrected chi connectivity index (χ2v) is 5.91. The number of halogens is 1. The Bertz CT molecular complexity index is 1190. The molecule has 0 radical (unpaired) electrons. The number of imidazole rings is 1. The van der Waals surface area contributed by atoms with Crippen molar-refractivity contribution in [3.05, 3.63) is 66.1 Å². The lowest BCUT2D eigenvalue weighted by Crippen LogP contribution is -2.37. The number of non-ortho nitro benzene ring substituents is 1. The largest absolute Gasteiger partial charge is 0.332 e. The highest BCUT2D eigenvalue weighted by Crippen LogP contribution is 2.18. The number of Topliss-reactive ketones (excluding diaryl/α,β-unsaturated/α-hetero) is 1. The zero-order chi connectivity index (χ0) is 19.2. The number of benzene rings is 1. The molecule has 0 atom stereocenters. The molecule has 0 saturated heterocycles. The summed E-state index contributed by atoms with van der Waals surface area (Å²) in [5.74, 6) is -0.495. The first-order valence-corrected chi connectivity index (χ1v) is 7.69. The van der Waals surface area contributed by atoms with Crippen LogP contribution in [0.3, 0.4) is 0 Å². The average Bonchev–Trinajstić information content (AvgIpc) is 2.94. The van der Waals surface area contributed by atoms with Crippen LogP contribution in [-0.2, 0) is 20.6 Å². The van der Waals surface area contributed by atoms with Crippen molar-refractivity contribution in [1.29, 1.82) is 0 Å². The molecule has 1 aromatic carbocycles. The summed E-state index contributed by atoms with van der Waals surface area (Å²) in [6.07, 6.45) is 0. The Morgan fingerprint density at radius 3 is 2.62 bits per heavy atom. The van der Waals surface area contributed by atoms with Gasteiger partial charge in [-0.1, -0.05) is 12.1 Å². The molecule has 0 aliphatic heterocycles. The molecule has 0 aliphatic carbocycles. The standard InChI is InChI=1S/C15H12ClN5O5/c1-18-12-11(13(23)19(2)15(18)24)20(14(16)17-12)7-10(22)8-4-3-5-9(6-8)21(25)26/h3-6H,7H2,1-2H3. The normalized spacial score (nSPS) is 11.0. The highest BCUT2D eigenvalue weighted by molar-refractivity contribution is 6.29. The van der Waals surface area contributed by atoms with Gasteiger partial charge in [0.05, 0.1) is 11.5 Å². The number of hydrogen-bond acceptors (Lipinski definition) is 6.